The predicted molar refractivity (Wildman–Crippen MR) is 88.4 cm³/mol. The lowest BCUT2D eigenvalue weighted by molar-refractivity contribution is 0.420. The second kappa shape index (κ2) is 5.19. The van der Waals surface area contributed by atoms with Gasteiger partial charge in [-0.05, 0) is 18.2 Å². The molecular weight excluding hydrogens is 280 g/mol. The first kappa shape index (κ1) is 14.1. The Hall–Kier alpha value is -1.81. The maximum absolute atomic E-state index is 5.41. The number of rotatable bonds is 3. The van der Waals surface area contributed by atoms with Crippen LogP contribution in [-0.2, 0) is 12.0 Å². The second-order valence-electron chi connectivity index (χ2n) is 6.21. The Labute approximate surface area is 129 Å². The molecule has 0 aliphatic carbocycles. The Morgan fingerprint density at radius 3 is 2.71 bits per heavy atom. The van der Waals surface area contributed by atoms with Crippen LogP contribution in [0.2, 0.25) is 0 Å². The Balaban J connectivity index is 1.94. The molecule has 4 heteroatoms. The molecule has 0 atom stereocenters. The largest absolute Gasteiger partial charge is 0.496 e. The summed E-state index contributed by atoms with van der Waals surface area (Å²) in [5, 5.41) is 4.45. The summed E-state index contributed by atoms with van der Waals surface area (Å²) in [4.78, 5) is 4.77. The van der Waals surface area contributed by atoms with Crippen LogP contribution in [0.5, 0.6) is 5.75 Å². The van der Waals surface area contributed by atoms with E-state index in [1.165, 1.54) is 5.52 Å². The lowest BCUT2D eigenvalue weighted by atomic mass is 9.93. The fourth-order valence-electron chi connectivity index (χ4n) is 2.38. The van der Waals surface area contributed by atoms with Crippen LogP contribution in [0.3, 0.4) is 0 Å². The molecule has 21 heavy (non-hydrogen) atoms. The maximum Gasteiger partial charge on any atom is 0.128 e. The van der Waals surface area contributed by atoms with Gasteiger partial charge in [0.1, 0.15) is 10.8 Å². The van der Waals surface area contributed by atoms with Crippen LogP contribution >= 0.6 is 11.3 Å². The van der Waals surface area contributed by atoms with Gasteiger partial charge in [0.2, 0.25) is 0 Å². The van der Waals surface area contributed by atoms with Gasteiger partial charge in [0.25, 0.3) is 0 Å². The fourth-order valence-corrected chi connectivity index (χ4v) is 3.40. The average molecular weight is 300 g/mol. The second-order valence-corrected chi connectivity index (χ2v) is 7.16. The molecule has 0 aliphatic heterocycles. The van der Waals surface area contributed by atoms with Gasteiger partial charge in [-0.3, -0.25) is 0 Å². The van der Waals surface area contributed by atoms with Crippen LogP contribution < -0.4 is 4.74 Å². The third-order valence-corrected chi connectivity index (χ3v) is 4.45. The van der Waals surface area contributed by atoms with Crippen molar-refractivity contribution in [3.8, 4) is 5.75 Å². The molecule has 0 aliphatic rings. The van der Waals surface area contributed by atoms with E-state index in [1.54, 1.807) is 18.4 Å². The van der Waals surface area contributed by atoms with E-state index in [0.717, 1.165) is 28.4 Å². The van der Waals surface area contributed by atoms with E-state index >= 15 is 0 Å². The van der Waals surface area contributed by atoms with Crippen molar-refractivity contribution in [2.45, 2.75) is 32.7 Å². The highest BCUT2D eigenvalue weighted by atomic mass is 32.1. The molecular formula is C17H20N2OS. The summed E-state index contributed by atoms with van der Waals surface area (Å²) in [6, 6.07) is 8.25. The van der Waals surface area contributed by atoms with Crippen molar-refractivity contribution < 1.29 is 4.74 Å². The predicted octanol–water partition coefficient (Wildman–Crippen LogP) is 4.45. The SMILES string of the molecule is COc1cccc2c1ccn2Cc1nc(C(C)(C)C)cs1. The first-order chi connectivity index (χ1) is 9.99. The molecule has 3 aromatic rings. The Bertz CT molecular complexity index is 765. The summed E-state index contributed by atoms with van der Waals surface area (Å²) in [6.45, 7) is 7.39. The number of aromatic nitrogens is 2. The third kappa shape index (κ3) is 2.68. The van der Waals surface area contributed by atoms with Crippen molar-refractivity contribution in [3.63, 3.8) is 0 Å². The van der Waals surface area contributed by atoms with E-state index in [0.29, 0.717) is 0 Å². The number of methoxy groups -OCH3 is 1. The topological polar surface area (TPSA) is 27.1 Å². The summed E-state index contributed by atoms with van der Waals surface area (Å²) in [5.41, 5.74) is 2.45. The summed E-state index contributed by atoms with van der Waals surface area (Å²) in [7, 11) is 1.71. The van der Waals surface area contributed by atoms with Crippen LogP contribution in [0.1, 0.15) is 31.5 Å². The van der Waals surface area contributed by atoms with Crippen molar-refractivity contribution in [2.24, 2.45) is 0 Å². The zero-order chi connectivity index (χ0) is 15.0. The Kier molecular flexibility index (Phi) is 3.49. The molecule has 2 aromatic heterocycles. The zero-order valence-corrected chi connectivity index (χ0v) is 13.7. The van der Waals surface area contributed by atoms with E-state index in [1.807, 2.05) is 12.1 Å². The molecule has 0 radical (unpaired) electrons. The lowest BCUT2D eigenvalue weighted by Crippen LogP contribution is -2.11. The standard InChI is InChI=1S/C17H20N2OS/c1-17(2,3)15-11-21-16(18-15)10-19-9-8-12-13(19)6-5-7-14(12)20-4/h5-9,11H,10H2,1-4H3. The Morgan fingerprint density at radius 1 is 1.24 bits per heavy atom. The van der Waals surface area contributed by atoms with Gasteiger partial charge >= 0.3 is 0 Å². The average Bonchev–Trinajstić information content (AvgIpc) is 3.06. The fraction of sp³-hybridized carbons (Fsp3) is 0.353. The molecule has 1 aromatic carbocycles. The quantitative estimate of drug-likeness (QED) is 0.714. The van der Waals surface area contributed by atoms with Crippen LogP contribution in [-0.4, -0.2) is 16.7 Å². The minimum atomic E-state index is 0.108. The normalized spacial score (nSPS) is 12.0. The van der Waals surface area contributed by atoms with Crippen molar-refractivity contribution in [1.29, 1.82) is 0 Å². The number of nitrogens with zero attached hydrogens (tertiary/aromatic N) is 2. The first-order valence-corrected chi connectivity index (χ1v) is 7.94. The third-order valence-electron chi connectivity index (χ3n) is 3.62. The van der Waals surface area contributed by atoms with E-state index < -0.39 is 0 Å². The molecule has 0 N–H and O–H groups in total. The van der Waals surface area contributed by atoms with Gasteiger partial charge in [0.05, 0.1) is 24.9 Å². The van der Waals surface area contributed by atoms with Gasteiger partial charge in [0.15, 0.2) is 0 Å². The van der Waals surface area contributed by atoms with Gasteiger partial charge in [-0.2, -0.15) is 0 Å². The summed E-state index contributed by atoms with van der Waals surface area (Å²) in [6.07, 6.45) is 2.10. The molecule has 0 bridgehead atoms. The van der Waals surface area contributed by atoms with E-state index in [2.05, 4.69) is 49.0 Å². The van der Waals surface area contributed by atoms with Crippen LogP contribution in [0.25, 0.3) is 10.9 Å². The molecule has 0 saturated carbocycles. The number of fused-ring (bicyclic) bond motifs is 1. The Morgan fingerprint density at radius 2 is 2.05 bits per heavy atom. The maximum atomic E-state index is 5.41. The zero-order valence-electron chi connectivity index (χ0n) is 12.9. The highest BCUT2D eigenvalue weighted by Gasteiger charge is 2.17. The first-order valence-electron chi connectivity index (χ1n) is 7.06. The van der Waals surface area contributed by atoms with Crippen LogP contribution in [0.4, 0.5) is 0 Å². The van der Waals surface area contributed by atoms with E-state index in [4.69, 9.17) is 9.72 Å². The lowest BCUT2D eigenvalue weighted by Gasteiger charge is -2.14. The smallest absolute Gasteiger partial charge is 0.128 e. The molecule has 0 fully saturated rings. The van der Waals surface area contributed by atoms with Crippen molar-refractivity contribution in [1.82, 2.24) is 9.55 Å². The number of thiazole rings is 1. The molecule has 3 nitrogen and oxygen atoms in total. The molecule has 2 heterocycles. The summed E-state index contributed by atoms with van der Waals surface area (Å²) in [5.74, 6) is 0.917. The summed E-state index contributed by atoms with van der Waals surface area (Å²) < 4.78 is 7.64. The minimum Gasteiger partial charge on any atom is -0.496 e. The number of benzene rings is 1. The van der Waals surface area contributed by atoms with Gasteiger partial charge in [-0.25, -0.2) is 4.98 Å². The molecule has 0 amide bonds. The van der Waals surface area contributed by atoms with Gasteiger partial charge in [0, 0.05) is 22.4 Å². The van der Waals surface area contributed by atoms with Gasteiger partial charge in [-0.15, -0.1) is 11.3 Å². The van der Waals surface area contributed by atoms with Crippen LogP contribution in [0.15, 0.2) is 35.8 Å². The highest BCUT2D eigenvalue weighted by molar-refractivity contribution is 7.09. The molecule has 0 spiro atoms. The van der Waals surface area contributed by atoms with Crippen molar-refractivity contribution >= 4 is 22.2 Å². The number of hydrogen-bond acceptors (Lipinski definition) is 3. The van der Waals surface area contributed by atoms with Gasteiger partial charge in [-0.1, -0.05) is 26.8 Å². The van der Waals surface area contributed by atoms with Crippen molar-refractivity contribution in [3.05, 3.63) is 46.5 Å². The van der Waals surface area contributed by atoms with Gasteiger partial charge < -0.3 is 9.30 Å². The van der Waals surface area contributed by atoms with E-state index in [-0.39, 0.29) is 5.41 Å². The van der Waals surface area contributed by atoms with Crippen molar-refractivity contribution in [2.75, 3.05) is 7.11 Å². The minimum absolute atomic E-state index is 0.108. The molecule has 3 rings (SSSR count). The molecule has 0 saturated heterocycles. The number of ether oxygens (including phenoxy) is 1. The number of hydrogen-bond donors (Lipinski definition) is 0. The highest BCUT2D eigenvalue weighted by Crippen LogP contribution is 2.28. The monoisotopic (exact) mass is 300 g/mol. The van der Waals surface area contributed by atoms with Crippen LogP contribution in [0, 0.1) is 0 Å². The van der Waals surface area contributed by atoms with E-state index in [9.17, 15) is 0 Å². The molecule has 110 valence electrons. The summed E-state index contributed by atoms with van der Waals surface area (Å²) >= 11 is 1.73. The molecule has 0 unspecified atom stereocenters.